The van der Waals surface area contributed by atoms with E-state index in [1.165, 1.54) is 0 Å². The van der Waals surface area contributed by atoms with Crippen LogP contribution in [-0.2, 0) is 24.4 Å². The first-order chi connectivity index (χ1) is 10.9. The van der Waals surface area contributed by atoms with Crippen LogP contribution in [0.2, 0.25) is 0 Å². The predicted octanol–water partition coefficient (Wildman–Crippen LogP) is 2.73. The summed E-state index contributed by atoms with van der Waals surface area (Å²) in [6, 6.07) is 5.72. The maximum atomic E-state index is 13.2. The molecule has 1 N–H and O–H groups in total. The number of nitrogens with zero attached hydrogens (tertiary/aromatic N) is 3. The fourth-order valence-corrected chi connectivity index (χ4v) is 3.01. The van der Waals surface area contributed by atoms with Gasteiger partial charge in [0.25, 0.3) is 5.91 Å². The summed E-state index contributed by atoms with van der Waals surface area (Å²) in [4.78, 5) is 13.1. The van der Waals surface area contributed by atoms with Crippen molar-refractivity contribution in [3.05, 3.63) is 46.8 Å². The van der Waals surface area contributed by atoms with Crippen molar-refractivity contribution in [2.24, 2.45) is 16.1 Å². The van der Waals surface area contributed by atoms with Crippen molar-refractivity contribution in [3.63, 3.8) is 0 Å². The Morgan fingerprint density at radius 2 is 2.13 bits per heavy atom. The van der Waals surface area contributed by atoms with Crippen LogP contribution >= 0.6 is 0 Å². The molecular weight excluding hydrogens is 309 g/mol. The molecule has 2 heterocycles. The molecule has 1 amide bonds. The molecule has 8 heteroatoms. The van der Waals surface area contributed by atoms with E-state index in [0.717, 1.165) is 22.9 Å². The number of amides is 1. The number of benzene rings is 1. The van der Waals surface area contributed by atoms with Gasteiger partial charge in [-0.2, -0.15) is 18.3 Å². The zero-order valence-corrected chi connectivity index (χ0v) is 12.4. The minimum Gasteiger partial charge on any atom is -0.364 e. The molecule has 0 fully saturated rings. The summed E-state index contributed by atoms with van der Waals surface area (Å²) in [7, 11) is 1.81. The number of halogens is 3. The average molecular weight is 324 g/mol. The highest BCUT2D eigenvalue weighted by atomic mass is 19.4. The Kier molecular flexibility index (Phi) is 3.93. The van der Waals surface area contributed by atoms with Gasteiger partial charge in [0, 0.05) is 19.6 Å². The van der Waals surface area contributed by atoms with Crippen LogP contribution in [0.3, 0.4) is 0 Å². The van der Waals surface area contributed by atoms with Crippen LogP contribution in [0.15, 0.2) is 40.3 Å². The van der Waals surface area contributed by atoms with Crippen molar-refractivity contribution in [1.29, 1.82) is 0 Å². The first-order valence-electron chi connectivity index (χ1n) is 7.12. The molecule has 0 radical (unpaired) electrons. The van der Waals surface area contributed by atoms with Crippen LogP contribution in [0, 0.1) is 5.92 Å². The van der Waals surface area contributed by atoms with Crippen molar-refractivity contribution in [2.75, 3.05) is 7.05 Å². The third kappa shape index (κ3) is 2.86. The molecule has 5 nitrogen and oxygen atoms in total. The SMILES string of the molecule is CNCc1cccc2c1CN(C1=CN=NC(=O)C1C(F)(F)F)C2. The van der Waals surface area contributed by atoms with Crippen molar-refractivity contribution in [3.8, 4) is 0 Å². The van der Waals surface area contributed by atoms with Crippen LogP contribution in [0.1, 0.15) is 16.7 Å². The highest BCUT2D eigenvalue weighted by Crippen LogP contribution is 2.40. The summed E-state index contributed by atoms with van der Waals surface area (Å²) in [5, 5.41) is 9.52. The molecule has 0 aliphatic carbocycles. The summed E-state index contributed by atoms with van der Waals surface area (Å²) >= 11 is 0. The van der Waals surface area contributed by atoms with Gasteiger partial charge in [-0.15, -0.1) is 5.11 Å². The van der Waals surface area contributed by atoms with E-state index in [2.05, 4.69) is 15.5 Å². The Bertz CT molecular complexity index is 696. The smallest absolute Gasteiger partial charge is 0.364 e. The minimum absolute atomic E-state index is 0.135. The standard InChI is InChI=1S/C15H15F3N4O/c1-19-5-9-3-2-4-10-7-22(8-11(9)10)12-6-20-21-14(23)13(12)15(16,17)18/h2-4,6,13,19H,5,7-8H2,1H3. The molecule has 1 atom stereocenters. The van der Waals surface area contributed by atoms with E-state index >= 15 is 0 Å². The molecule has 23 heavy (non-hydrogen) atoms. The summed E-state index contributed by atoms with van der Waals surface area (Å²) in [6.45, 7) is 1.29. The van der Waals surface area contributed by atoms with E-state index < -0.39 is 18.0 Å². The highest BCUT2D eigenvalue weighted by molar-refractivity contribution is 5.83. The van der Waals surface area contributed by atoms with E-state index in [1.54, 1.807) is 4.90 Å². The molecular formula is C15H15F3N4O. The van der Waals surface area contributed by atoms with Gasteiger partial charge < -0.3 is 10.2 Å². The average Bonchev–Trinajstić information content (AvgIpc) is 2.91. The number of hydrogen-bond acceptors (Lipinski definition) is 4. The monoisotopic (exact) mass is 324 g/mol. The van der Waals surface area contributed by atoms with Gasteiger partial charge in [-0.25, -0.2) is 0 Å². The Labute approximate surface area is 130 Å². The molecule has 0 saturated heterocycles. The van der Waals surface area contributed by atoms with Crippen molar-refractivity contribution in [2.45, 2.75) is 25.8 Å². The van der Waals surface area contributed by atoms with Crippen LogP contribution < -0.4 is 5.32 Å². The second kappa shape index (κ2) is 5.77. The lowest BCUT2D eigenvalue weighted by Crippen LogP contribution is -2.38. The summed E-state index contributed by atoms with van der Waals surface area (Å²) in [5.41, 5.74) is 2.87. The topological polar surface area (TPSA) is 57.1 Å². The zero-order chi connectivity index (χ0) is 16.6. The first-order valence-corrected chi connectivity index (χ1v) is 7.12. The van der Waals surface area contributed by atoms with E-state index in [1.807, 2.05) is 25.2 Å². The third-order valence-corrected chi connectivity index (χ3v) is 4.03. The van der Waals surface area contributed by atoms with Crippen LogP contribution in [-0.4, -0.2) is 24.0 Å². The first kappa shape index (κ1) is 15.7. The molecule has 3 rings (SSSR count). The zero-order valence-electron chi connectivity index (χ0n) is 12.4. The number of carbonyl (C=O) groups excluding carboxylic acids is 1. The number of rotatable bonds is 3. The number of alkyl halides is 3. The molecule has 0 spiro atoms. The van der Waals surface area contributed by atoms with Gasteiger partial charge >= 0.3 is 6.18 Å². The van der Waals surface area contributed by atoms with Crippen LogP contribution in [0.25, 0.3) is 0 Å². The quantitative estimate of drug-likeness (QED) is 0.930. The Morgan fingerprint density at radius 1 is 1.35 bits per heavy atom. The molecule has 0 bridgehead atoms. The second-order valence-corrected chi connectivity index (χ2v) is 5.52. The molecule has 2 aliphatic heterocycles. The third-order valence-electron chi connectivity index (χ3n) is 4.03. The van der Waals surface area contributed by atoms with E-state index in [-0.39, 0.29) is 5.70 Å². The minimum atomic E-state index is -4.68. The van der Waals surface area contributed by atoms with Gasteiger partial charge in [0.05, 0.1) is 11.9 Å². The maximum absolute atomic E-state index is 13.2. The van der Waals surface area contributed by atoms with E-state index in [0.29, 0.717) is 19.6 Å². The predicted molar refractivity (Wildman–Crippen MR) is 75.9 cm³/mol. The lowest BCUT2D eigenvalue weighted by molar-refractivity contribution is -0.177. The molecule has 122 valence electrons. The summed E-state index contributed by atoms with van der Waals surface area (Å²) in [5.74, 6) is -3.50. The number of hydrogen-bond donors (Lipinski definition) is 1. The fraction of sp³-hybridized carbons (Fsp3) is 0.400. The number of carbonyl (C=O) groups is 1. The van der Waals surface area contributed by atoms with Crippen LogP contribution in [0.4, 0.5) is 13.2 Å². The molecule has 0 saturated carbocycles. The van der Waals surface area contributed by atoms with Crippen molar-refractivity contribution < 1.29 is 18.0 Å². The molecule has 1 aromatic carbocycles. The maximum Gasteiger partial charge on any atom is 0.406 e. The molecule has 1 unspecified atom stereocenters. The van der Waals surface area contributed by atoms with Gasteiger partial charge in [0.2, 0.25) is 0 Å². The fourth-order valence-electron chi connectivity index (χ4n) is 3.01. The lowest BCUT2D eigenvalue weighted by Gasteiger charge is -2.29. The van der Waals surface area contributed by atoms with Gasteiger partial charge in [-0.3, -0.25) is 4.79 Å². The van der Waals surface area contributed by atoms with Gasteiger partial charge in [0.1, 0.15) is 0 Å². The molecule has 1 aromatic rings. The van der Waals surface area contributed by atoms with Crippen molar-refractivity contribution >= 4 is 5.91 Å². The van der Waals surface area contributed by atoms with E-state index in [4.69, 9.17) is 0 Å². The number of fused-ring (bicyclic) bond motifs is 1. The number of nitrogens with one attached hydrogen (secondary N) is 1. The number of azo groups is 1. The Hall–Kier alpha value is -2.22. The highest BCUT2D eigenvalue weighted by Gasteiger charge is 2.50. The summed E-state index contributed by atoms with van der Waals surface area (Å²) in [6.07, 6.45) is -3.63. The Morgan fingerprint density at radius 3 is 2.83 bits per heavy atom. The normalized spacial score (nSPS) is 20.7. The molecule has 2 aliphatic rings. The summed E-state index contributed by atoms with van der Waals surface area (Å²) < 4.78 is 39.7. The molecule has 0 aromatic heterocycles. The lowest BCUT2D eigenvalue weighted by atomic mass is 10.0. The largest absolute Gasteiger partial charge is 0.406 e. The van der Waals surface area contributed by atoms with Crippen molar-refractivity contribution in [1.82, 2.24) is 10.2 Å². The van der Waals surface area contributed by atoms with Gasteiger partial charge in [-0.05, 0) is 23.7 Å². The Balaban J connectivity index is 1.92. The van der Waals surface area contributed by atoms with Gasteiger partial charge in [0.15, 0.2) is 5.92 Å². The van der Waals surface area contributed by atoms with Crippen LogP contribution in [0.5, 0.6) is 0 Å². The second-order valence-electron chi connectivity index (χ2n) is 5.52. The van der Waals surface area contributed by atoms with Gasteiger partial charge in [-0.1, -0.05) is 18.2 Å². The van der Waals surface area contributed by atoms with E-state index in [9.17, 15) is 18.0 Å².